The zero-order chi connectivity index (χ0) is 84.5. The van der Waals surface area contributed by atoms with Gasteiger partial charge in [0.05, 0.1) is 38.8 Å². The van der Waals surface area contributed by atoms with Crippen LogP contribution >= 0.6 is 0 Å². The fourth-order valence-electron chi connectivity index (χ4n) is 14.0. The average Bonchev–Trinajstić information content (AvgIpc) is 1.69. The van der Waals surface area contributed by atoms with E-state index >= 15 is 0 Å². The number of ether oxygens (including phenoxy) is 1. The maximum Gasteiger partial charge on any atom is 0.329 e. The first-order valence-electron chi connectivity index (χ1n) is 39.9. The number of hydrogen-bond acceptors (Lipinski definition) is 19. The summed E-state index contributed by atoms with van der Waals surface area (Å²) in [6.07, 6.45) is 9.79. The molecule has 5 heterocycles. The highest BCUT2D eigenvalue weighted by Gasteiger charge is 2.41. The molecule has 0 saturated carbocycles. The number of aromatic amines is 3. The van der Waals surface area contributed by atoms with Crippen molar-refractivity contribution in [2.24, 2.45) is 29.2 Å². The van der Waals surface area contributed by atoms with Gasteiger partial charge in [0.1, 0.15) is 66.2 Å². The Morgan fingerprint density at radius 3 is 1.71 bits per heavy atom. The second-order valence-corrected chi connectivity index (χ2v) is 30.7. The Hall–Kier alpha value is -11.7. The number of carboxylic acid groups (broad SMARTS) is 1. The number of hydrogen-bond donors (Lipinski definition) is 19. The van der Waals surface area contributed by atoms with Crippen molar-refractivity contribution in [3.63, 3.8) is 0 Å². The van der Waals surface area contributed by atoms with E-state index in [-0.39, 0.29) is 83.2 Å². The molecular weight excluding hydrogens is 1500 g/mol. The van der Waals surface area contributed by atoms with E-state index in [1.54, 1.807) is 64.2 Å². The van der Waals surface area contributed by atoms with Gasteiger partial charge in [0.25, 0.3) is 0 Å². The van der Waals surface area contributed by atoms with Crippen molar-refractivity contribution >= 4 is 111 Å². The number of urea groups is 1. The lowest BCUT2D eigenvalue weighted by molar-refractivity contribution is -0.157. The van der Waals surface area contributed by atoms with E-state index < -0.39 is 194 Å². The number of phenolic OH excluding ortho intramolecular Hbond substituents is 1. The number of benzene rings is 2. The summed E-state index contributed by atoms with van der Waals surface area (Å²) in [5, 5.41) is 52.7. The molecule has 21 N–H and O–H groups in total. The average molecular weight is 1620 g/mol. The summed E-state index contributed by atoms with van der Waals surface area (Å²) in [5.41, 5.74) is 13.8. The molecule has 10 atom stereocenters. The molecule has 37 nitrogen and oxygen atoms in total. The van der Waals surface area contributed by atoms with Crippen molar-refractivity contribution < 1.29 is 86.9 Å². The number of cyclic esters (lactones) is 1. The number of carbonyl (C=O) groups is 15. The summed E-state index contributed by atoms with van der Waals surface area (Å²) in [6, 6.07) is -2.68. The van der Waals surface area contributed by atoms with E-state index in [9.17, 15) is 82.1 Å². The molecule has 634 valence electrons. The van der Waals surface area contributed by atoms with Crippen LogP contribution in [0, 0.1) is 17.8 Å². The number of nitrogens with two attached hydrogens (primary N) is 2. The first-order valence-corrected chi connectivity index (χ1v) is 39.9. The maximum absolute atomic E-state index is 14.8. The molecule has 0 aliphatic carbocycles. The van der Waals surface area contributed by atoms with Crippen LogP contribution in [0.25, 0.3) is 21.8 Å². The van der Waals surface area contributed by atoms with E-state index in [2.05, 4.69) is 97.6 Å². The fraction of sp³-hybridized carbons (Fsp3) is 0.570. The van der Waals surface area contributed by atoms with Gasteiger partial charge in [0, 0.05) is 78.4 Å². The van der Waals surface area contributed by atoms with Crippen LogP contribution in [-0.4, -0.2) is 224 Å². The molecule has 14 amide bonds. The predicted molar refractivity (Wildman–Crippen MR) is 425 cm³/mol. The first kappa shape index (κ1) is 91.5. The zero-order valence-corrected chi connectivity index (χ0v) is 66.7. The normalized spacial score (nSPS) is 22.6. The monoisotopic (exact) mass is 1620 g/mol. The van der Waals surface area contributed by atoms with Crippen molar-refractivity contribution in [3.8, 4) is 5.75 Å². The predicted octanol–water partition coefficient (Wildman–Crippen LogP) is 0.780. The zero-order valence-electron chi connectivity index (χ0n) is 66.7. The number of phenols is 1. The highest BCUT2D eigenvalue weighted by Crippen LogP contribution is 2.26. The molecule has 0 spiro atoms. The summed E-state index contributed by atoms with van der Waals surface area (Å²) in [7, 11) is 0. The molecule has 0 unspecified atom stereocenters. The fourth-order valence-corrected chi connectivity index (χ4v) is 14.0. The summed E-state index contributed by atoms with van der Waals surface area (Å²) in [4.78, 5) is 226. The van der Waals surface area contributed by atoms with Crippen LogP contribution in [0.5, 0.6) is 5.75 Å². The van der Waals surface area contributed by atoms with Gasteiger partial charge in [0.2, 0.25) is 70.9 Å². The van der Waals surface area contributed by atoms with Gasteiger partial charge in [-0.15, -0.1) is 0 Å². The standard InChI is InChI=1S/C79H115N19O18/c1-44(2)19-12-10-8-7-9-11-13-20-51-35-63(100)90-56(23-16-28-80)72(108)94-60(33-49-39-82-43-89-49)74(110)97-69(46(5)6)77(113)98-30-18-25-62(98)75(111)88-41-64(101)91-57(24-17-29-83-79(81)115)73(109)93-59(32-48-38-85-55-27-26-50(99)34-53(48)55)71(107)86-40-65(102)92-58(31-47-37-84-54-22-15-14-21-52(47)54)70(106)87-42-66(103)96-68(45(3)4)76(112)95-61(36-67(104)105)78(114)116-51/h14-15,21-22,26-27,34,37-39,43-46,51,56-62,68-69,84-85,99H,7-13,16-20,23-25,28-33,35-36,40-42,80H2,1-6H3,(H,82,89)(H,86,107)(H,87,106)(H,88,111)(H,90,100)(H,91,101)(H,92,102)(H,93,109)(H,94,108)(H,95,112)(H,96,103)(H,97,110)(H,104,105)(H3,81,83,115)/t51-,56-,57-,58-,59-,60-,61-,62-,68-,69-/m0/s1. The van der Waals surface area contributed by atoms with Gasteiger partial charge in [0.15, 0.2) is 0 Å². The smallest absolute Gasteiger partial charge is 0.329 e. The number of esters is 1. The summed E-state index contributed by atoms with van der Waals surface area (Å²) in [6.45, 7) is 8.35. The molecular formula is C79H115N19O18. The van der Waals surface area contributed by atoms with Crippen molar-refractivity contribution in [3.05, 3.63) is 84.2 Å². The highest BCUT2D eigenvalue weighted by atomic mass is 16.5. The Morgan fingerprint density at radius 1 is 0.560 bits per heavy atom. The number of carboxylic acids is 1. The quantitative estimate of drug-likeness (QED) is 0.0255. The Morgan fingerprint density at radius 2 is 1.10 bits per heavy atom. The number of fused-ring (bicyclic) bond motifs is 3. The van der Waals surface area contributed by atoms with E-state index in [4.69, 9.17) is 16.2 Å². The molecule has 37 heteroatoms. The highest BCUT2D eigenvalue weighted by molar-refractivity contribution is 6.00. The minimum atomic E-state index is -1.90. The van der Waals surface area contributed by atoms with Crippen molar-refractivity contribution in [1.82, 2.24) is 88.6 Å². The molecule has 116 heavy (non-hydrogen) atoms. The first-order chi connectivity index (χ1) is 55.4. The SMILES string of the molecule is CC(C)CCCCCCCCC[C@H]1CC(=O)N[C@@H](CCCN)C(=O)N[C@@H](Cc2cnc[nH]2)C(=O)N[C@@H](C(C)C)C(=O)N2CCC[C@H]2C(=O)NCC(=O)N[C@@H](CCCNC(N)=O)C(=O)N[C@@H](Cc2c[nH]c3ccc(O)cc23)C(=O)NCC(=O)N[C@@H](Cc2c[nH]c3ccccc23)C(=O)NCC(=O)N[C@@H](C(C)C)C(=O)N[C@@H](CC(=O)O)C(=O)O1. The number of para-hydroxylation sites is 1. The second-order valence-electron chi connectivity index (χ2n) is 30.7. The third-order valence-corrected chi connectivity index (χ3v) is 20.2. The summed E-state index contributed by atoms with van der Waals surface area (Å²) in [5.74, 6) is -14.4. The van der Waals surface area contributed by atoms with Gasteiger partial charge in [-0.25, -0.2) is 14.6 Å². The molecule has 5 aromatic rings. The largest absolute Gasteiger partial charge is 0.508 e. The number of rotatable bonds is 27. The number of nitrogens with zero attached hydrogens (tertiary/aromatic N) is 2. The number of H-pyrrole nitrogens is 3. The van der Waals surface area contributed by atoms with Gasteiger partial charge in [-0.1, -0.05) is 105 Å². The van der Waals surface area contributed by atoms with Crippen molar-refractivity contribution in [2.45, 2.75) is 230 Å². The number of amides is 14. The van der Waals surface area contributed by atoms with Crippen LogP contribution in [-0.2, 0) is 91.1 Å². The molecule has 0 bridgehead atoms. The van der Waals surface area contributed by atoms with Crippen molar-refractivity contribution in [2.75, 3.05) is 39.3 Å². The summed E-state index contributed by atoms with van der Waals surface area (Å²) >= 11 is 0. The van der Waals surface area contributed by atoms with E-state index in [1.165, 1.54) is 35.8 Å². The topological polar surface area (TPSA) is 566 Å². The number of nitrogens with one attached hydrogen (secondary N) is 15. The number of imidazole rings is 1. The van der Waals surface area contributed by atoms with Crippen LogP contribution in [0.3, 0.4) is 0 Å². The second kappa shape index (κ2) is 46.0. The third kappa shape index (κ3) is 29.3. The Bertz CT molecular complexity index is 4200. The lowest BCUT2D eigenvalue weighted by atomic mass is 10.0. The van der Waals surface area contributed by atoms with Gasteiger partial charge >= 0.3 is 18.0 Å². The number of primary amides is 1. The number of aromatic nitrogens is 4. The van der Waals surface area contributed by atoms with Gasteiger partial charge < -0.3 is 110 Å². The van der Waals surface area contributed by atoms with Crippen LogP contribution in [0.2, 0.25) is 0 Å². The van der Waals surface area contributed by atoms with Gasteiger partial charge in [-0.3, -0.25) is 62.3 Å². The molecule has 2 aliphatic heterocycles. The Kier molecular flexibility index (Phi) is 36.3. The molecule has 2 saturated heterocycles. The van der Waals surface area contributed by atoms with Crippen LogP contribution in [0.15, 0.2) is 67.4 Å². The van der Waals surface area contributed by atoms with Crippen LogP contribution in [0.1, 0.15) is 168 Å². The number of aromatic hydroxyl groups is 1. The van der Waals surface area contributed by atoms with E-state index in [0.29, 0.717) is 63.8 Å². The minimum absolute atomic E-state index is 0.0199. The Balaban J connectivity index is 1.22. The van der Waals surface area contributed by atoms with E-state index in [1.807, 2.05) is 0 Å². The molecule has 2 aliphatic rings. The van der Waals surface area contributed by atoms with Crippen LogP contribution < -0.4 is 75.3 Å². The number of aliphatic carboxylic acids is 1. The maximum atomic E-state index is 14.8. The molecule has 7 rings (SSSR count). The lowest BCUT2D eigenvalue weighted by Crippen LogP contribution is -2.60. The Labute approximate surface area is 672 Å². The van der Waals surface area contributed by atoms with Gasteiger partial charge in [-0.05, 0) is 111 Å². The third-order valence-electron chi connectivity index (χ3n) is 20.2. The minimum Gasteiger partial charge on any atom is -0.508 e. The van der Waals surface area contributed by atoms with E-state index in [0.717, 1.165) is 38.5 Å². The number of unbranched alkanes of at least 4 members (excludes halogenated alkanes) is 6. The lowest BCUT2D eigenvalue weighted by Gasteiger charge is -2.32. The molecule has 0 radical (unpaired) electrons. The summed E-state index contributed by atoms with van der Waals surface area (Å²) < 4.78 is 5.95. The molecule has 3 aromatic heterocycles. The molecule has 2 aromatic carbocycles. The van der Waals surface area contributed by atoms with Crippen LogP contribution in [0.4, 0.5) is 4.79 Å². The van der Waals surface area contributed by atoms with Gasteiger partial charge in [-0.2, -0.15) is 0 Å². The number of carbonyl (C=O) groups excluding carboxylic acids is 14. The molecule has 2 fully saturated rings. The van der Waals surface area contributed by atoms with Crippen molar-refractivity contribution in [1.29, 1.82) is 0 Å².